The highest BCUT2D eigenvalue weighted by atomic mass is 16.5. The Labute approximate surface area is 136 Å². The minimum absolute atomic E-state index is 0.0430. The van der Waals surface area contributed by atoms with E-state index in [-0.39, 0.29) is 23.4 Å². The fraction of sp³-hybridized carbons (Fsp3) is 0.650. The van der Waals surface area contributed by atoms with Crippen molar-refractivity contribution in [1.29, 1.82) is 0 Å². The molecule has 0 saturated carbocycles. The zero-order valence-corrected chi connectivity index (χ0v) is 14.9. The lowest BCUT2D eigenvalue weighted by Crippen LogP contribution is -2.33. The van der Waals surface area contributed by atoms with Gasteiger partial charge in [-0.25, -0.2) is 0 Å². The molecule has 0 bridgehead atoms. The summed E-state index contributed by atoms with van der Waals surface area (Å²) in [5.74, 6) is 0.161. The van der Waals surface area contributed by atoms with Gasteiger partial charge in [-0.2, -0.15) is 0 Å². The Balaban J connectivity index is 2.55. The summed E-state index contributed by atoms with van der Waals surface area (Å²) in [6.07, 6.45) is 5.34. The Morgan fingerprint density at radius 1 is 1.14 bits per heavy atom. The van der Waals surface area contributed by atoms with E-state index in [1.54, 1.807) is 0 Å². The van der Waals surface area contributed by atoms with Gasteiger partial charge in [0.2, 0.25) is 0 Å². The quantitative estimate of drug-likeness (QED) is 0.434. The maximum absolute atomic E-state index is 12.3. The Morgan fingerprint density at radius 3 is 2.32 bits per heavy atom. The third kappa shape index (κ3) is 6.74. The van der Waals surface area contributed by atoms with E-state index in [4.69, 9.17) is 4.74 Å². The first-order chi connectivity index (χ1) is 10.3. The normalized spacial score (nSPS) is 14.6. The van der Waals surface area contributed by atoms with Gasteiger partial charge in [0.1, 0.15) is 0 Å². The van der Waals surface area contributed by atoms with Crippen LogP contribution in [0.4, 0.5) is 0 Å². The Hall–Kier alpha value is -1.15. The van der Waals surface area contributed by atoms with Gasteiger partial charge in [-0.05, 0) is 18.8 Å². The number of carbonyl (C=O) groups is 1. The van der Waals surface area contributed by atoms with Crippen molar-refractivity contribution in [2.75, 3.05) is 0 Å². The third-order valence-corrected chi connectivity index (χ3v) is 4.00. The van der Waals surface area contributed by atoms with Gasteiger partial charge in [-0.15, -0.1) is 0 Å². The Bertz CT molecular complexity index is 431. The summed E-state index contributed by atoms with van der Waals surface area (Å²) in [7, 11) is 0. The molecule has 0 radical (unpaired) electrons. The molecule has 22 heavy (non-hydrogen) atoms. The highest BCUT2D eigenvalue weighted by Crippen LogP contribution is 2.28. The highest BCUT2D eigenvalue weighted by molar-refractivity contribution is 5.96. The molecule has 0 aliphatic carbocycles. The van der Waals surface area contributed by atoms with Gasteiger partial charge < -0.3 is 4.74 Å². The zero-order chi connectivity index (χ0) is 16.6. The highest BCUT2D eigenvalue weighted by Gasteiger charge is 2.27. The van der Waals surface area contributed by atoms with Crippen LogP contribution in [0.15, 0.2) is 30.3 Å². The van der Waals surface area contributed by atoms with Crippen molar-refractivity contribution in [3.05, 3.63) is 35.9 Å². The van der Waals surface area contributed by atoms with Crippen LogP contribution in [-0.2, 0) is 4.74 Å². The van der Waals surface area contributed by atoms with Crippen LogP contribution in [0, 0.1) is 5.41 Å². The van der Waals surface area contributed by atoms with E-state index in [1.807, 2.05) is 37.3 Å². The molecule has 0 aliphatic rings. The molecule has 2 atom stereocenters. The molecule has 0 aliphatic heterocycles. The van der Waals surface area contributed by atoms with Crippen LogP contribution < -0.4 is 0 Å². The molecule has 0 N–H and O–H groups in total. The molecule has 1 aromatic carbocycles. The molecular weight excluding hydrogens is 272 g/mol. The maximum atomic E-state index is 12.3. The van der Waals surface area contributed by atoms with Gasteiger partial charge in [-0.1, -0.05) is 77.3 Å². The van der Waals surface area contributed by atoms with Crippen molar-refractivity contribution in [3.63, 3.8) is 0 Å². The molecule has 1 rings (SSSR count). The van der Waals surface area contributed by atoms with Gasteiger partial charge in [0, 0.05) is 12.0 Å². The first-order valence-electron chi connectivity index (χ1n) is 8.58. The summed E-state index contributed by atoms with van der Waals surface area (Å²) in [6.45, 7) is 10.9. The Kier molecular flexibility index (Phi) is 7.81. The summed E-state index contributed by atoms with van der Waals surface area (Å²) in [4.78, 5) is 12.3. The van der Waals surface area contributed by atoms with Crippen molar-refractivity contribution in [3.8, 4) is 0 Å². The average Bonchev–Trinajstić information content (AvgIpc) is 2.46. The predicted octanol–water partition coefficient (Wildman–Crippen LogP) is 5.66. The lowest BCUT2D eigenvalue weighted by atomic mass is 9.85. The second kappa shape index (κ2) is 9.09. The van der Waals surface area contributed by atoms with Crippen LogP contribution in [0.25, 0.3) is 0 Å². The van der Waals surface area contributed by atoms with Gasteiger partial charge in [0.05, 0.1) is 12.2 Å². The lowest BCUT2D eigenvalue weighted by Gasteiger charge is -2.33. The number of Topliss-reactive ketones (excluding diaryl/α,β-unsaturated/α-hetero) is 1. The molecule has 1 aromatic rings. The smallest absolute Gasteiger partial charge is 0.165 e. The summed E-state index contributed by atoms with van der Waals surface area (Å²) in [5.41, 5.74) is 0.883. The first kappa shape index (κ1) is 18.9. The largest absolute Gasteiger partial charge is 0.374 e. The third-order valence-electron chi connectivity index (χ3n) is 4.00. The topological polar surface area (TPSA) is 26.3 Å². The van der Waals surface area contributed by atoms with Crippen molar-refractivity contribution in [2.24, 2.45) is 5.41 Å². The van der Waals surface area contributed by atoms with Gasteiger partial charge in [-0.3, -0.25) is 4.79 Å². The monoisotopic (exact) mass is 304 g/mol. The number of carbonyl (C=O) groups excluding carboxylic acids is 1. The SMILES string of the molecule is CCCCC[C@@H](O[C@H](C)CC(=O)c1ccccc1)C(C)(C)C. The molecule has 0 fully saturated rings. The van der Waals surface area contributed by atoms with E-state index in [2.05, 4.69) is 27.7 Å². The number of ether oxygens (including phenoxy) is 1. The summed E-state index contributed by atoms with van der Waals surface area (Å²) in [6, 6.07) is 9.48. The molecule has 2 heteroatoms. The van der Waals surface area contributed by atoms with Gasteiger partial charge in [0.25, 0.3) is 0 Å². The van der Waals surface area contributed by atoms with Crippen LogP contribution >= 0.6 is 0 Å². The maximum Gasteiger partial charge on any atom is 0.165 e. The van der Waals surface area contributed by atoms with Gasteiger partial charge >= 0.3 is 0 Å². The second-order valence-electron chi connectivity index (χ2n) is 7.29. The standard InChI is InChI=1S/C20H32O2/c1-6-7-9-14-19(20(3,4)5)22-16(2)15-18(21)17-12-10-8-11-13-17/h8,10-13,16,19H,6-7,9,14-15H2,1-5H3/t16-,19-/m1/s1. The van der Waals surface area contributed by atoms with Crippen LogP contribution in [-0.4, -0.2) is 18.0 Å². The molecule has 0 aromatic heterocycles. The summed E-state index contributed by atoms with van der Waals surface area (Å²) >= 11 is 0. The number of unbranched alkanes of at least 4 members (excludes halogenated alkanes) is 2. The van der Waals surface area contributed by atoms with E-state index < -0.39 is 0 Å². The predicted molar refractivity (Wildman–Crippen MR) is 93.3 cm³/mol. The molecule has 0 amide bonds. The molecule has 2 nitrogen and oxygen atoms in total. The molecule has 124 valence electrons. The molecule has 0 unspecified atom stereocenters. The first-order valence-corrected chi connectivity index (χ1v) is 8.58. The minimum Gasteiger partial charge on any atom is -0.374 e. The second-order valence-corrected chi connectivity index (χ2v) is 7.29. The number of benzene rings is 1. The van der Waals surface area contributed by atoms with E-state index in [0.717, 1.165) is 12.0 Å². The summed E-state index contributed by atoms with van der Waals surface area (Å²) in [5, 5.41) is 0. The zero-order valence-electron chi connectivity index (χ0n) is 14.9. The van der Waals surface area contributed by atoms with E-state index in [9.17, 15) is 4.79 Å². The fourth-order valence-corrected chi connectivity index (χ4v) is 2.62. The van der Waals surface area contributed by atoms with Gasteiger partial charge in [0.15, 0.2) is 5.78 Å². The lowest BCUT2D eigenvalue weighted by molar-refractivity contribution is -0.0635. The van der Waals surface area contributed by atoms with Crippen molar-refractivity contribution in [1.82, 2.24) is 0 Å². The van der Waals surface area contributed by atoms with Crippen LogP contribution in [0.5, 0.6) is 0 Å². The number of rotatable bonds is 9. The molecule has 0 heterocycles. The Morgan fingerprint density at radius 2 is 1.77 bits per heavy atom. The van der Waals surface area contributed by atoms with E-state index in [1.165, 1.54) is 19.3 Å². The fourth-order valence-electron chi connectivity index (χ4n) is 2.62. The van der Waals surface area contributed by atoms with E-state index in [0.29, 0.717) is 6.42 Å². The number of hydrogen-bond acceptors (Lipinski definition) is 2. The minimum atomic E-state index is -0.0430. The van der Waals surface area contributed by atoms with Crippen LogP contribution in [0.3, 0.4) is 0 Å². The molecular formula is C20H32O2. The molecule has 0 saturated heterocycles. The van der Waals surface area contributed by atoms with Crippen LogP contribution in [0.2, 0.25) is 0 Å². The number of ketones is 1. The summed E-state index contributed by atoms with van der Waals surface area (Å²) < 4.78 is 6.23. The van der Waals surface area contributed by atoms with Crippen molar-refractivity contribution in [2.45, 2.75) is 78.9 Å². The average molecular weight is 304 g/mol. The molecule has 0 spiro atoms. The van der Waals surface area contributed by atoms with Crippen LogP contribution in [0.1, 0.15) is 77.1 Å². The van der Waals surface area contributed by atoms with Crippen molar-refractivity contribution >= 4 is 5.78 Å². The van der Waals surface area contributed by atoms with Crippen molar-refractivity contribution < 1.29 is 9.53 Å². The van der Waals surface area contributed by atoms with E-state index >= 15 is 0 Å². The number of hydrogen-bond donors (Lipinski definition) is 0.